The summed E-state index contributed by atoms with van der Waals surface area (Å²) in [4.78, 5) is 7.83. The van der Waals surface area contributed by atoms with E-state index in [1.807, 2.05) is 30.6 Å². The third kappa shape index (κ3) is 1.42. The van der Waals surface area contributed by atoms with Crippen molar-refractivity contribution in [1.82, 2.24) is 0 Å². The number of nitrogens with zero attached hydrogens (tertiary/aromatic N) is 4. The molecule has 0 unspecified atom stereocenters. The van der Waals surface area contributed by atoms with Crippen LogP contribution >= 0.6 is 0 Å². The zero-order valence-electron chi connectivity index (χ0n) is 6.33. The molecule has 1 aliphatic heterocycles. The molecule has 0 bridgehead atoms. The van der Waals surface area contributed by atoms with E-state index in [1.54, 1.807) is 17.1 Å². The Morgan fingerprint density at radius 1 is 1.00 bits per heavy atom. The summed E-state index contributed by atoms with van der Waals surface area (Å²) in [5, 5.41) is 4.10. The van der Waals surface area contributed by atoms with Gasteiger partial charge in [-0.3, -0.25) is 0 Å². The lowest BCUT2D eigenvalue weighted by Gasteiger charge is -1.83. The van der Waals surface area contributed by atoms with Crippen LogP contribution in [0.3, 0.4) is 0 Å². The molecule has 1 aromatic rings. The first-order valence-electron chi connectivity index (χ1n) is 3.57. The van der Waals surface area contributed by atoms with Gasteiger partial charge in [-0.15, -0.1) is 0 Å². The summed E-state index contributed by atoms with van der Waals surface area (Å²) >= 11 is 0. The predicted molar refractivity (Wildman–Crippen MR) is 46.5 cm³/mol. The SMILES string of the molecule is C1=NC(=N[n+]2ccccc2)N=C1. The number of rotatable bonds is 1. The molecule has 0 saturated heterocycles. The number of hydrogen-bond acceptors (Lipinski definition) is 1. The molecule has 1 aliphatic rings. The molecule has 1 aromatic heterocycles. The normalized spacial score (nSPS) is 13.8. The van der Waals surface area contributed by atoms with Crippen LogP contribution in [0.25, 0.3) is 0 Å². The third-order valence-corrected chi connectivity index (χ3v) is 1.35. The average molecular weight is 159 g/mol. The Morgan fingerprint density at radius 3 is 2.33 bits per heavy atom. The van der Waals surface area contributed by atoms with E-state index in [1.165, 1.54) is 0 Å². The molecule has 0 aromatic carbocycles. The van der Waals surface area contributed by atoms with Crippen molar-refractivity contribution in [2.24, 2.45) is 15.1 Å². The Morgan fingerprint density at radius 2 is 1.67 bits per heavy atom. The number of hydrogen-bond donors (Lipinski definition) is 0. The van der Waals surface area contributed by atoms with E-state index in [2.05, 4.69) is 15.1 Å². The summed E-state index contributed by atoms with van der Waals surface area (Å²) in [5.74, 6) is 0.478. The molecule has 12 heavy (non-hydrogen) atoms. The highest BCUT2D eigenvalue weighted by Gasteiger charge is 2.01. The van der Waals surface area contributed by atoms with Gasteiger partial charge in [0.25, 0.3) is 0 Å². The molecule has 0 saturated carbocycles. The Kier molecular flexibility index (Phi) is 1.74. The fraction of sp³-hybridized carbons (Fsp3) is 0. The van der Waals surface area contributed by atoms with E-state index in [0.717, 1.165) is 0 Å². The standard InChI is InChI=1S/C8H7N4/c1-2-6-12(7-3-1)11-8-9-4-5-10-8/h1-7H/q+1. The van der Waals surface area contributed by atoms with Gasteiger partial charge in [-0.05, 0) is 0 Å². The molecule has 0 atom stereocenters. The topological polar surface area (TPSA) is 41.0 Å². The molecule has 0 fully saturated rings. The summed E-state index contributed by atoms with van der Waals surface area (Å²) in [5.41, 5.74) is 0. The molecule has 2 rings (SSSR count). The van der Waals surface area contributed by atoms with E-state index in [4.69, 9.17) is 0 Å². The van der Waals surface area contributed by atoms with Crippen molar-refractivity contribution in [2.45, 2.75) is 0 Å². The number of pyridine rings is 1. The lowest BCUT2D eigenvalue weighted by molar-refractivity contribution is -0.679. The van der Waals surface area contributed by atoms with Gasteiger partial charge in [0.2, 0.25) is 12.4 Å². The molecule has 2 heterocycles. The first kappa shape index (κ1) is 6.84. The second-order valence-electron chi connectivity index (χ2n) is 2.21. The number of aliphatic imine (C=N–C) groups is 2. The van der Waals surface area contributed by atoms with Gasteiger partial charge in [0, 0.05) is 29.7 Å². The molecule has 4 nitrogen and oxygen atoms in total. The van der Waals surface area contributed by atoms with E-state index < -0.39 is 0 Å². The molecule has 0 radical (unpaired) electrons. The van der Waals surface area contributed by atoms with Crippen molar-refractivity contribution in [3.8, 4) is 0 Å². The van der Waals surface area contributed by atoms with Crippen LogP contribution in [-0.4, -0.2) is 18.4 Å². The first-order valence-corrected chi connectivity index (χ1v) is 3.57. The number of aromatic nitrogens is 1. The quantitative estimate of drug-likeness (QED) is 0.527. The van der Waals surface area contributed by atoms with Crippen LogP contribution in [0.15, 0.2) is 45.7 Å². The van der Waals surface area contributed by atoms with Crippen molar-refractivity contribution in [3.63, 3.8) is 0 Å². The Labute approximate surface area is 69.6 Å². The van der Waals surface area contributed by atoms with Crippen LogP contribution in [0.4, 0.5) is 0 Å². The summed E-state index contributed by atoms with van der Waals surface area (Å²) < 4.78 is 1.66. The van der Waals surface area contributed by atoms with Gasteiger partial charge in [0.05, 0.1) is 0 Å². The fourth-order valence-corrected chi connectivity index (χ4v) is 0.845. The highest BCUT2D eigenvalue weighted by atomic mass is 15.4. The smallest absolute Gasteiger partial charge is 0.213 e. The molecular weight excluding hydrogens is 152 g/mol. The maximum Gasteiger partial charge on any atom is 0.314 e. The highest BCUT2D eigenvalue weighted by Crippen LogP contribution is 1.86. The molecule has 4 heteroatoms. The van der Waals surface area contributed by atoms with Crippen LogP contribution in [0, 0.1) is 0 Å². The monoisotopic (exact) mass is 159 g/mol. The molecule has 0 amide bonds. The zero-order valence-corrected chi connectivity index (χ0v) is 6.33. The van der Waals surface area contributed by atoms with Gasteiger partial charge in [-0.1, -0.05) is 10.7 Å². The van der Waals surface area contributed by atoms with Crippen molar-refractivity contribution in [3.05, 3.63) is 30.6 Å². The summed E-state index contributed by atoms with van der Waals surface area (Å²) in [6.45, 7) is 0. The summed E-state index contributed by atoms with van der Waals surface area (Å²) in [7, 11) is 0. The molecule has 0 aliphatic carbocycles. The molecular formula is C8H7N4+. The summed E-state index contributed by atoms with van der Waals surface area (Å²) in [6, 6.07) is 5.72. The zero-order chi connectivity index (χ0) is 8.23. The Bertz CT molecular complexity index is 337. The maximum atomic E-state index is 4.10. The minimum atomic E-state index is 0.478. The lowest BCUT2D eigenvalue weighted by atomic mass is 10.5. The van der Waals surface area contributed by atoms with Crippen LogP contribution < -0.4 is 4.68 Å². The van der Waals surface area contributed by atoms with Gasteiger partial charge in [-0.2, -0.15) is 0 Å². The van der Waals surface area contributed by atoms with Crippen molar-refractivity contribution in [1.29, 1.82) is 0 Å². The van der Waals surface area contributed by atoms with E-state index in [9.17, 15) is 0 Å². The largest absolute Gasteiger partial charge is 0.314 e. The highest BCUT2D eigenvalue weighted by molar-refractivity contribution is 6.26. The average Bonchev–Trinajstić information content (AvgIpc) is 2.59. The van der Waals surface area contributed by atoms with Crippen molar-refractivity contribution in [2.75, 3.05) is 0 Å². The van der Waals surface area contributed by atoms with E-state index in [0.29, 0.717) is 5.96 Å². The minimum Gasteiger partial charge on any atom is -0.213 e. The predicted octanol–water partition coefficient (Wildman–Crippen LogP) is 0.248. The fourth-order valence-electron chi connectivity index (χ4n) is 0.845. The molecule has 0 N–H and O–H groups in total. The number of guanidine groups is 1. The Balaban J connectivity index is 2.29. The van der Waals surface area contributed by atoms with E-state index >= 15 is 0 Å². The summed E-state index contributed by atoms with van der Waals surface area (Å²) in [6.07, 6.45) is 6.89. The van der Waals surface area contributed by atoms with Gasteiger partial charge < -0.3 is 0 Å². The van der Waals surface area contributed by atoms with Crippen molar-refractivity contribution < 1.29 is 4.68 Å². The third-order valence-electron chi connectivity index (χ3n) is 1.35. The van der Waals surface area contributed by atoms with Crippen LogP contribution in [0.2, 0.25) is 0 Å². The van der Waals surface area contributed by atoms with Crippen LogP contribution in [-0.2, 0) is 0 Å². The molecule has 58 valence electrons. The van der Waals surface area contributed by atoms with Gasteiger partial charge >= 0.3 is 5.96 Å². The van der Waals surface area contributed by atoms with Gasteiger partial charge in [-0.25, -0.2) is 9.98 Å². The van der Waals surface area contributed by atoms with Crippen LogP contribution in [0.1, 0.15) is 0 Å². The second kappa shape index (κ2) is 3.04. The Hall–Kier alpha value is -1.84. The minimum absolute atomic E-state index is 0.478. The van der Waals surface area contributed by atoms with Gasteiger partial charge in [0.1, 0.15) is 0 Å². The van der Waals surface area contributed by atoms with E-state index in [-0.39, 0.29) is 0 Å². The molecule has 0 spiro atoms. The second-order valence-corrected chi connectivity index (χ2v) is 2.21. The van der Waals surface area contributed by atoms with Gasteiger partial charge in [0.15, 0.2) is 0 Å². The van der Waals surface area contributed by atoms with Crippen LogP contribution in [0.5, 0.6) is 0 Å². The lowest BCUT2D eigenvalue weighted by Crippen LogP contribution is -2.26. The maximum absolute atomic E-state index is 4.10. The van der Waals surface area contributed by atoms with Crippen molar-refractivity contribution >= 4 is 18.4 Å². The first-order chi connectivity index (χ1) is 5.95.